The number of aliphatic hydroxyl groups excluding tert-OH is 1. The third-order valence-electron chi connectivity index (χ3n) is 10.1. The molecule has 1 fully saturated rings. The summed E-state index contributed by atoms with van der Waals surface area (Å²) in [6.07, 6.45) is 9.44. The SMILES string of the molecule is COc1cccc(C(O)(C(=O)OCC2CCN(CCCCCCCCCNC[C@H](O)c3ccc(O)c4[nH]c(=O)ccc34)CC2)c2ccccc2)c1. The largest absolute Gasteiger partial charge is 0.506 e. The molecule has 10 nitrogen and oxygen atoms in total. The summed E-state index contributed by atoms with van der Waals surface area (Å²) in [5.41, 5.74) is -0.313. The Morgan fingerprint density at radius 2 is 1.63 bits per heavy atom. The van der Waals surface area contributed by atoms with Crippen LogP contribution in [0, 0.1) is 5.92 Å². The number of methoxy groups -OCH3 is 1. The molecule has 2 heterocycles. The van der Waals surface area contributed by atoms with E-state index in [0.29, 0.717) is 46.5 Å². The number of nitrogens with zero attached hydrogens (tertiary/aromatic N) is 1. The number of pyridine rings is 1. The zero-order valence-electron chi connectivity index (χ0n) is 29.7. The van der Waals surface area contributed by atoms with Gasteiger partial charge in [0.1, 0.15) is 11.5 Å². The van der Waals surface area contributed by atoms with Crippen LogP contribution in [0.15, 0.2) is 83.7 Å². The number of fused-ring (bicyclic) bond motifs is 1. The van der Waals surface area contributed by atoms with E-state index in [0.717, 1.165) is 51.9 Å². The van der Waals surface area contributed by atoms with E-state index in [-0.39, 0.29) is 17.2 Å². The number of benzene rings is 3. The van der Waals surface area contributed by atoms with Crippen LogP contribution in [0.3, 0.4) is 0 Å². The highest BCUT2D eigenvalue weighted by atomic mass is 16.5. The van der Waals surface area contributed by atoms with Crippen molar-refractivity contribution in [2.75, 3.05) is 46.4 Å². The molecule has 5 rings (SSSR count). The van der Waals surface area contributed by atoms with Gasteiger partial charge in [-0.25, -0.2) is 4.79 Å². The van der Waals surface area contributed by atoms with Crippen LogP contribution < -0.4 is 15.6 Å². The second-order valence-electron chi connectivity index (χ2n) is 13.7. The zero-order chi connectivity index (χ0) is 36.1. The molecule has 5 N–H and O–H groups in total. The predicted molar refractivity (Wildman–Crippen MR) is 199 cm³/mol. The monoisotopic (exact) mass is 699 g/mol. The minimum Gasteiger partial charge on any atom is -0.506 e. The number of hydrogen-bond donors (Lipinski definition) is 5. The van der Waals surface area contributed by atoms with Crippen LogP contribution in [0.5, 0.6) is 11.5 Å². The van der Waals surface area contributed by atoms with Crippen molar-refractivity contribution in [3.8, 4) is 11.5 Å². The van der Waals surface area contributed by atoms with Crippen LogP contribution >= 0.6 is 0 Å². The van der Waals surface area contributed by atoms with Gasteiger partial charge in [0.25, 0.3) is 0 Å². The van der Waals surface area contributed by atoms with Crippen LogP contribution in [0.1, 0.15) is 80.6 Å². The molecule has 1 aliphatic rings. The smallest absolute Gasteiger partial charge is 0.347 e. The molecule has 0 radical (unpaired) electrons. The molecule has 10 heteroatoms. The van der Waals surface area contributed by atoms with Crippen molar-refractivity contribution in [3.05, 3.63) is 106 Å². The number of rotatable bonds is 19. The van der Waals surface area contributed by atoms with E-state index in [1.54, 1.807) is 67.8 Å². The Balaban J connectivity index is 0.914. The lowest BCUT2D eigenvalue weighted by Crippen LogP contribution is -2.40. The average Bonchev–Trinajstić information content (AvgIpc) is 3.16. The highest BCUT2D eigenvalue weighted by molar-refractivity contribution is 5.87. The van der Waals surface area contributed by atoms with Crippen molar-refractivity contribution in [1.29, 1.82) is 0 Å². The number of aromatic amines is 1. The molecule has 1 unspecified atom stereocenters. The van der Waals surface area contributed by atoms with E-state index in [4.69, 9.17) is 9.47 Å². The van der Waals surface area contributed by atoms with Gasteiger partial charge in [0.2, 0.25) is 11.2 Å². The first-order valence-corrected chi connectivity index (χ1v) is 18.3. The number of carbonyl (C=O) groups is 1. The number of esters is 1. The molecule has 1 aromatic heterocycles. The Labute approximate surface area is 300 Å². The van der Waals surface area contributed by atoms with Gasteiger partial charge in [-0.1, -0.05) is 80.6 Å². The highest BCUT2D eigenvalue weighted by Gasteiger charge is 2.42. The summed E-state index contributed by atoms with van der Waals surface area (Å²) < 4.78 is 11.1. The summed E-state index contributed by atoms with van der Waals surface area (Å²) in [5, 5.41) is 36.5. The molecule has 3 aromatic carbocycles. The maximum absolute atomic E-state index is 13.5. The van der Waals surface area contributed by atoms with Gasteiger partial charge in [-0.3, -0.25) is 4.79 Å². The van der Waals surface area contributed by atoms with Gasteiger partial charge in [-0.05, 0) is 93.2 Å². The number of phenolic OH excluding ortho intramolecular Hbond substituents is 1. The normalized spacial score (nSPS) is 15.7. The minimum absolute atomic E-state index is 0.00863. The fraction of sp³-hybridized carbons (Fsp3) is 0.463. The number of ether oxygens (including phenoxy) is 2. The van der Waals surface area contributed by atoms with Crippen molar-refractivity contribution in [1.82, 2.24) is 15.2 Å². The lowest BCUT2D eigenvalue weighted by Gasteiger charge is -2.33. The van der Waals surface area contributed by atoms with Crippen molar-refractivity contribution in [2.24, 2.45) is 5.92 Å². The maximum atomic E-state index is 13.5. The summed E-state index contributed by atoms with van der Waals surface area (Å²) in [4.78, 5) is 30.2. The lowest BCUT2D eigenvalue weighted by atomic mass is 9.86. The highest BCUT2D eigenvalue weighted by Crippen LogP contribution is 2.34. The average molecular weight is 700 g/mol. The zero-order valence-corrected chi connectivity index (χ0v) is 29.7. The third-order valence-corrected chi connectivity index (χ3v) is 10.1. The molecular formula is C41H53N3O7. The third kappa shape index (κ3) is 10.2. The molecule has 0 aliphatic carbocycles. The summed E-state index contributed by atoms with van der Waals surface area (Å²) in [6, 6.07) is 22.1. The number of phenols is 1. The predicted octanol–water partition coefficient (Wildman–Crippen LogP) is 5.79. The van der Waals surface area contributed by atoms with E-state index in [1.807, 2.05) is 6.07 Å². The first kappa shape index (κ1) is 38.0. The summed E-state index contributed by atoms with van der Waals surface area (Å²) in [5.74, 6) is 0.154. The number of carbonyl (C=O) groups excluding carboxylic acids is 1. The fourth-order valence-corrected chi connectivity index (χ4v) is 6.97. The topological polar surface area (TPSA) is 144 Å². The summed E-state index contributed by atoms with van der Waals surface area (Å²) >= 11 is 0. The number of piperidine rings is 1. The number of aromatic hydroxyl groups is 1. The number of aliphatic hydroxyl groups is 2. The van der Waals surface area contributed by atoms with Crippen molar-refractivity contribution in [2.45, 2.75) is 69.5 Å². The van der Waals surface area contributed by atoms with E-state index in [9.17, 15) is 24.9 Å². The van der Waals surface area contributed by atoms with Gasteiger partial charge in [0.15, 0.2) is 0 Å². The van der Waals surface area contributed by atoms with E-state index >= 15 is 0 Å². The summed E-state index contributed by atoms with van der Waals surface area (Å²) in [6.45, 7) is 4.60. The fourth-order valence-electron chi connectivity index (χ4n) is 6.97. The Bertz CT molecular complexity index is 1740. The van der Waals surface area contributed by atoms with Gasteiger partial charge in [-0.15, -0.1) is 0 Å². The van der Waals surface area contributed by atoms with Gasteiger partial charge in [0, 0.05) is 23.6 Å². The van der Waals surface area contributed by atoms with Crippen molar-refractivity contribution >= 4 is 16.9 Å². The number of H-pyrrole nitrogens is 1. The number of likely N-dealkylation sites (tertiary alicyclic amines) is 1. The van der Waals surface area contributed by atoms with E-state index in [1.165, 1.54) is 44.2 Å². The Hall–Kier alpha value is -4.22. The number of aromatic nitrogens is 1. The minimum atomic E-state index is -1.92. The van der Waals surface area contributed by atoms with Crippen molar-refractivity contribution in [3.63, 3.8) is 0 Å². The quantitative estimate of drug-likeness (QED) is 0.0607. The molecule has 0 bridgehead atoms. The molecule has 0 spiro atoms. The molecule has 274 valence electrons. The first-order chi connectivity index (χ1) is 24.8. The Kier molecular flexibility index (Phi) is 14.1. The molecule has 51 heavy (non-hydrogen) atoms. The number of unbranched alkanes of at least 4 members (excludes halogenated alkanes) is 6. The second kappa shape index (κ2) is 18.9. The van der Waals surface area contributed by atoms with Gasteiger partial charge < -0.3 is 40.0 Å². The first-order valence-electron chi connectivity index (χ1n) is 18.3. The Morgan fingerprint density at radius 1 is 0.922 bits per heavy atom. The molecule has 1 saturated heterocycles. The standard InChI is InChI=1S/C41H53N3O7/c1-50-33-16-12-15-32(27-33)41(49,31-13-8-7-9-14-31)40(48)51-29-30-21-25-44(26-22-30)24-11-6-4-2-3-5-10-23-42-28-37(46)34-17-19-36(45)39-35(34)18-20-38(47)43-39/h7-9,12-20,27,30,37,42,45-46,49H,2-6,10-11,21-26,28-29H2,1H3,(H,43,47)/t37-,41?/m0/s1. The second-order valence-corrected chi connectivity index (χ2v) is 13.7. The van der Waals surface area contributed by atoms with Crippen molar-refractivity contribution < 1.29 is 29.6 Å². The molecule has 0 saturated carbocycles. The number of hydrogen-bond acceptors (Lipinski definition) is 9. The van der Waals surface area contributed by atoms with Crippen LogP contribution in [0.4, 0.5) is 0 Å². The van der Waals surface area contributed by atoms with Crippen LogP contribution in [0.25, 0.3) is 10.9 Å². The summed E-state index contributed by atoms with van der Waals surface area (Å²) in [7, 11) is 1.56. The van der Waals surface area contributed by atoms with Gasteiger partial charge in [-0.2, -0.15) is 0 Å². The van der Waals surface area contributed by atoms with Gasteiger partial charge >= 0.3 is 5.97 Å². The van der Waals surface area contributed by atoms with Crippen LogP contribution in [0.2, 0.25) is 0 Å². The van der Waals surface area contributed by atoms with Crippen LogP contribution in [-0.4, -0.2) is 77.6 Å². The molecule has 1 aliphatic heterocycles. The van der Waals surface area contributed by atoms with Crippen LogP contribution in [-0.2, 0) is 15.1 Å². The molecule has 4 aromatic rings. The van der Waals surface area contributed by atoms with E-state index < -0.39 is 17.7 Å². The lowest BCUT2D eigenvalue weighted by molar-refractivity contribution is -0.164. The molecule has 0 amide bonds. The Morgan fingerprint density at radius 3 is 2.37 bits per heavy atom. The number of nitrogens with one attached hydrogen (secondary N) is 2. The van der Waals surface area contributed by atoms with Gasteiger partial charge in [0.05, 0.1) is 25.3 Å². The molecular weight excluding hydrogens is 646 g/mol. The molecule has 2 atom stereocenters. The maximum Gasteiger partial charge on any atom is 0.347 e. The van der Waals surface area contributed by atoms with E-state index in [2.05, 4.69) is 15.2 Å².